The third-order valence-electron chi connectivity index (χ3n) is 4.71. The molecule has 0 aromatic heterocycles. The van der Waals surface area contributed by atoms with Crippen molar-refractivity contribution in [2.45, 2.75) is 71.9 Å². The number of piperazine rings is 1. The molecule has 0 aromatic rings. The van der Waals surface area contributed by atoms with E-state index in [0.717, 1.165) is 19.4 Å². The average molecular weight is 280 g/mol. The van der Waals surface area contributed by atoms with Crippen molar-refractivity contribution in [2.24, 2.45) is 11.3 Å². The monoisotopic (exact) mass is 280 g/mol. The fourth-order valence-corrected chi connectivity index (χ4v) is 3.45. The minimum Gasteiger partial charge on any atom is -0.340 e. The molecule has 1 saturated carbocycles. The van der Waals surface area contributed by atoms with Crippen LogP contribution in [0, 0.1) is 11.3 Å². The van der Waals surface area contributed by atoms with Gasteiger partial charge in [-0.05, 0) is 44.4 Å². The van der Waals surface area contributed by atoms with Gasteiger partial charge in [0.15, 0.2) is 0 Å². The van der Waals surface area contributed by atoms with E-state index in [1.807, 2.05) is 18.7 Å². The summed E-state index contributed by atoms with van der Waals surface area (Å²) in [7, 11) is 0. The number of hydrogen-bond donors (Lipinski definition) is 1. The first-order chi connectivity index (χ1) is 9.22. The molecule has 1 unspecified atom stereocenters. The van der Waals surface area contributed by atoms with E-state index in [0.29, 0.717) is 0 Å². The molecule has 1 saturated heterocycles. The number of hydrogen-bond acceptors (Lipinski definition) is 2. The van der Waals surface area contributed by atoms with E-state index in [2.05, 4.69) is 12.2 Å². The number of rotatable bonds is 5. The Morgan fingerprint density at radius 2 is 1.90 bits per heavy atom. The second-order valence-electron chi connectivity index (χ2n) is 7.49. The van der Waals surface area contributed by atoms with Crippen molar-refractivity contribution in [3.05, 3.63) is 0 Å². The molecule has 0 bridgehead atoms. The maximum absolute atomic E-state index is 12.7. The lowest BCUT2D eigenvalue weighted by molar-refractivity contribution is -0.156. The highest BCUT2D eigenvalue weighted by atomic mass is 16.2. The number of nitrogens with one attached hydrogen (secondary N) is 1. The summed E-state index contributed by atoms with van der Waals surface area (Å²) in [5, 5.41) is 2.87. The van der Waals surface area contributed by atoms with Gasteiger partial charge in [0.05, 0.1) is 0 Å². The minimum atomic E-state index is -0.773. The van der Waals surface area contributed by atoms with Crippen molar-refractivity contribution in [1.29, 1.82) is 0 Å². The smallest absolute Gasteiger partial charge is 0.248 e. The van der Waals surface area contributed by atoms with E-state index in [1.165, 1.54) is 12.8 Å². The summed E-state index contributed by atoms with van der Waals surface area (Å²) in [4.78, 5) is 27.0. The Kier molecular flexibility index (Phi) is 3.87. The van der Waals surface area contributed by atoms with Crippen LogP contribution in [-0.4, -0.2) is 34.8 Å². The molecule has 1 N–H and O–H groups in total. The average Bonchev–Trinajstić information content (AvgIpc) is 3.05. The molecule has 0 radical (unpaired) electrons. The van der Waals surface area contributed by atoms with E-state index < -0.39 is 5.54 Å². The van der Waals surface area contributed by atoms with E-state index in [9.17, 15) is 9.59 Å². The van der Waals surface area contributed by atoms with Crippen LogP contribution in [0.15, 0.2) is 0 Å². The van der Waals surface area contributed by atoms with Crippen LogP contribution in [-0.2, 0) is 9.59 Å². The van der Waals surface area contributed by atoms with Crippen LogP contribution in [0.3, 0.4) is 0 Å². The lowest BCUT2D eigenvalue weighted by atomic mass is 9.89. The van der Waals surface area contributed by atoms with Crippen LogP contribution >= 0.6 is 0 Å². The van der Waals surface area contributed by atoms with Gasteiger partial charge in [0.25, 0.3) is 0 Å². The fraction of sp³-hybridized carbons (Fsp3) is 0.875. The molecule has 0 aromatic carbocycles. The van der Waals surface area contributed by atoms with Gasteiger partial charge in [0, 0.05) is 6.54 Å². The standard InChI is InChI=1S/C16H28N2O2/c1-6-7-16(8-9-16)10-18-12(11(2)3)13(19)17-15(4,5)14(18)20/h11-12H,6-10H2,1-5H3,(H,17,19). The Morgan fingerprint density at radius 3 is 2.35 bits per heavy atom. The molecular weight excluding hydrogens is 252 g/mol. The highest BCUT2D eigenvalue weighted by Crippen LogP contribution is 2.51. The van der Waals surface area contributed by atoms with Gasteiger partial charge in [0.1, 0.15) is 11.6 Å². The molecule has 4 nitrogen and oxygen atoms in total. The Labute approximate surface area is 122 Å². The maximum Gasteiger partial charge on any atom is 0.248 e. The molecule has 1 heterocycles. The summed E-state index contributed by atoms with van der Waals surface area (Å²) in [5.74, 6) is 0.211. The Morgan fingerprint density at radius 1 is 1.30 bits per heavy atom. The van der Waals surface area contributed by atoms with Crippen LogP contribution < -0.4 is 5.32 Å². The summed E-state index contributed by atoms with van der Waals surface area (Å²) in [6.07, 6.45) is 4.68. The summed E-state index contributed by atoms with van der Waals surface area (Å²) in [6.45, 7) is 10.6. The Balaban J connectivity index is 2.24. The van der Waals surface area contributed by atoms with Gasteiger partial charge in [-0.1, -0.05) is 27.2 Å². The molecule has 1 atom stereocenters. The number of amides is 2. The molecule has 20 heavy (non-hydrogen) atoms. The highest BCUT2D eigenvalue weighted by Gasteiger charge is 2.51. The SMILES string of the molecule is CCCC1(CN2C(=O)C(C)(C)NC(=O)C2C(C)C)CC1. The first kappa shape index (κ1) is 15.3. The topological polar surface area (TPSA) is 49.4 Å². The molecular formula is C16H28N2O2. The maximum atomic E-state index is 12.7. The van der Waals surface area contributed by atoms with Gasteiger partial charge in [-0.3, -0.25) is 9.59 Å². The van der Waals surface area contributed by atoms with Gasteiger partial charge in [-0.15, -0.1) is 0 Å². The third-order valence-corrected chi connectivity index (χ3v) is 4.71. The van der Waals surface area contributed by atoms with E-state index in [4.69, 9.17) is 0 Å². The first-order valence-electron chi connectivity index (χ1n) is 7.85. The molecule has 1 aliphatic carbocycles. The van der Waals surface area contributed by atoms with Crippen LogP contribution in [0.1, 0.15) is 60.3 Å². The van der Waals surface area contributed by atoms with E-state index in [-0.39, 0.29) is 29.2 Å². The predicted octanol–water partition coefficient (Wildman–Crippen LogP) is 2.33. The van der Waals surface area contributed by atoms with Crippen LogP contribution in [0.25, 0.3) is 0 Å². The summed E-state index contributed by atoms with van der Waals surface area (Å²) >= 11 is 0. The zero-order valence-corrected chi connectivity index (χ0v) is 13.5. The molecule has 2 aliphatic rings. The minimum absolute atomic E-state index is 0.00287. The van der Waals surface area contributed by atoms with Crippen molar-refractivity contribution >= 4 is 11.8 Å². The largest absolute Gasteiger partial charge is 0.340 e. The van der Waals surface area contributed by atoms with Crippen molar-refractivity contribution in [2.75, 3.05) is 6.54 Å². The normalized spacial score (nSPS) is 27.7. The zero-order chi connectivity index (χ0) is 15.1. The predicted molar refractivity (Wildman–Crippen MR) is 79.1 cm³/mol. The molecule has 1 aliphatic heterocycles. The van der Waals surface area contributed by atoms with Gasteiger partial charge in [-0.25, -0.2) is 0 Å². The molecule has 2 rings (SSSR count). The fourth-order valence-electron chi connectivity index (χ4n) is 3.45. The quantitative estimate of drug-likeness (QED) is 0.840. The van der Waals surface area contributed by atoms with Crippen molar-refractivity contribution in [1.82, 2.24) is 10.2 Å². The molecule has 114 valence electrons. The Bertz CT molecular complexity index is 411. The summed E-state index contributed by atoms with van der Waals surface area (Å²) < 4.78 is 0. The van der Waals surface area contributed by atoms with Crippen molar-refractivity contribution in [3.8, 4) is 0 Å². The second-order valence-corrected chi connectivity index (χ2v) is 7.49. The lowest BCUT2D eigenvalue weighted by Gasteiger charge is -2.45. The molecule has 2 amide bonds. The number of carbonyl (C=O) groups excluding carboxylic acids is 2. The highest BCUT2D eigenvalue weighted by molar-refractivity contribution is 5.99. The van der Waals surface area contributed by atoms with Gasteiger partial charge < -0.3 is 10.2 Å². The molecule has 0 spiro atoms. The number of carbonyl (C=O) groups is 2. The second kappa shape index (κ2) is 5.05. The summed E-state index contributed by atoms with van der Waals surface area (Å²) in [6, 6.07) is -0.315. The van der Waals surface area contributed by atoms with Gasteiger partial charge in [0.2, 0.25) is 11.8 Å². The van der Waals surface area contributed by atoms with Crippen molar-refractivity contribution in [3.63, 3.8) is 0 Å². The first-order valence-corrected chi connectivity index (χ1v) is 7.85. The molecule has 4 heteroatoms. The van der Waals surface area contributed by atoms with Crippen LogP contribution in [0.2, 0.25) is 0 Å². The Hall–Kier alpha value is -1.06. The number of nitrogens with zero attached hydrogens (tertiary/aromatic N) is 1. The van der Waals surface area contributed by atoms with E-state index >= 15 is 0 Å². The van der Waals surface area contributed by atoms with Crippen LogP contribution in [0.5, 0.6) is 0 Å². The van der Waals surface area contributed by atoms with Gasteiger partial charge in [-0.2, -0.15) is 0 Å². The third kappa shape index (κ3) is 2.70. The molecule has 2 fully saturated rings. The lowest BCUT2D eigenvalue weighted by Crippen LogP contribution is -2.69. The van der Waals surface area contributed by atoms with E-state index in [1.54, 1.807) is 13.8 Å². The van der Waals surface area contributed by atoms with Crippen molar-refractivity contribution < 1.29 is 9.59 Å². The van der Waals surface area contributed by atoms with Crippen LogP contribution in [0.4, 0.5) is 0 Å². The summed E-state index contributed by atoms with van der Waals surface area (Å²) in [5.41, 5.74) is -0.490. The van der Waals surface area contributed by atoms with Gasteiger partial charge >= 0.3 is 0 Å². The zero-order valence-electron chi connectivity index (χ0n) is 13.5.